The van der Waals surface area contributed by atoms with Gasteiger partial charge in [0, 0.05) is 30.0 Å². The molecule has 2 heterocycles. The third-order valence-corrected chi connectivity index (χ3v) is 5.04. The predicted octanol–water partition coefficient (Wildman–Crippen LogP) is 2.60. The molecule has 1 fully saturated rings. The Labute approximate surface area is 186 Å². The number of anilines is 1. The number of nitrogens with one attached hydrogen (secondary N) is 2. The van der Waals surface area contributed by atoms with E-state index in [1.165, 1.54) is 31.9 Å². The quantitative estimate of drug-likeness (QED) is 0.586. The SMILES string of the molecule is COc1ncc(-c2cnc(N(C(=O)NCC(F)(F)F)C3CCC(NC(=O)O)CC3)cn2)cn1. The molecule has 1 saturated carbocycles. The molecular weight excluding hydrogens is 447 g/mol. The monoisotopic (exact) mass is 469 g/mol. The zero-order valence-electron chi connectivity index (χ0n) is 17.5. The molecule has 2 aromatic rings. The maximum atomic E-state index is 12.7. The fourth-order valence-electron chi connectivity index (χ4n) is 3.52. The van der Waals surface area contributed by atoms with Crippen LogP contribution in [0.2, 0.25) is 0 Å². The van der Waals surface area contributed by atoms with Crippen molar-refractivity contribution < 1.29 is 32.6 Å². The van der Waals surface area contributed by atoms with Gasteiger partial charge in [0.15, 0.2) is 5.82 Å². The summed E-state index contributed by atoms with van der Waals surface area (Å²) in [6.07, 6.45) is 1.47. The van der Waals surface area contributed by atoms with E-state index in [0.717, 1.165) is 4.90 Å². The fourth-order valence-corrected chi connectivity index (χ4v) is 3.52. The molecule has 0 aliphatic heterocycles. The molecule has 2 aromatic heterocycles. The zero-order chi connectivity index (χ0) is 24.0. The lowest BCUT2D eigenvalue weighted by Crippen LogP contribution is -2.51. The molecule has 11 nitrogen and oxygen atoms in total. The summed E-state index contributed by atoms with van der Waals surface area (Å²) in [6.45, 7) is -1.49. The maximum Gasteiger partial charge on any atom is 0.405 e. The van der Waals surface area contributed by atoms with E-state index < -0.39 is 30.9 Å². The van der Waals surface area contributed by atoms with Crippen LogP contribution in [0.25, 0.3) is 11.3 Å². The Morgan fingerprint density at radius 2 is 1.76 bits per heavy atom. The number of carboxylic acid groups (broad SMARTS) is 1. The van der Waals surface area contributed by atoms with Crippen molar-refractivity contribution in [1.29, 1.82) is 0 Å². The van der Waals surface area contributed by atoms with Crippen molar-refractivity contribution in [2.24, 2.45) is 0 Å². The van der Waals surface area contributed by atoms with Crippen LogP contribution in [0.3, 0.4) is 0 Å². The molecule has 33 heavy (non-hydrogen) atoms. The summed E-state index contributed by atoms with van der Waals surface area (Å²) in [4.78, 5) is 41.1. The van der Waals surface area contributed by atoms with Crippen molar-refractivity contribution in [3.63, 3.8) is 0 Å². The maximum absolute atomic E-state index is 12.7. The standard InChI is InChI=1S/C19H22F3N7O4/c1-33-16-25-6-11(7-26-16)14-8-24-15(9-23-14)29(17(30)27-10-19(20,21)22)13-4-2-12(3-5-13)28-18(31)32/h6-9,12-13,28H,2-5,10H2,1H3,(H,27,30)(H,31,32). The number of carbonyl (C=O) groups excluding carboxylic acids is 1. The van der Waals surface area contributed by atoms with Crippen LogP contribution < -0.4 is 20.3 Å². The first-order chi connectivity index (χ1) is 15.7. The molecule has 0 aromatic carbocycles. The summed E-state index contributed by atoms with van der Waals surface area (Å²) < 4.78 is 42.8. The highest BCUT2D eigenvalue weighted by Crippen LogP contribution is 2.28. The van der Waals surface area contributed by atoms with Crippen LogP contribution in [-0.2, 0) is 0 Å². The van der Waals surface area contributed by atoms with Gasteiger partial charge in [-0.05, 0) is 25.7 Å². The minimum absolute atomic E-state index is 0.0718. The van der Waals surface area contributed by atoms with Crippen LogP contribution >= 0.6 is 0 Å². The van der Waals surface area contributed by atoms with Gasteiger partial charge >= 0.3 is 24.3 Å². The molecule has 0 spiro atoms. The van der Waals surface area contributed by atoms with Crippen molar-refractivity contribution in [2.75, 3.05) is 18.6 Å². The van der Waals surface area contributed by atoms with Crippen molar-refractivity contribution >= 4 is 17.9 Å². The number of ether oxygens (including phenoxy) is 1. The fraction of sp³-hybridized carbons (Fsp3) is 0.474. The van der Waals surface area contributed by atoms with Gasteiger partial charge in [-0.15, -0.1) is 0 Å². The molecule has 0 atom stereocenters. The first-order valence-electron chi connectivity index (χ1n) is 9.98. The lowest BCUT2D eigenvalue weighted by Gasteiger charge is -2.36. The summed E-state index contributed by atoms with van der Waals surface area (Å²) in [5.41, 5.74) is 0.926. The van der Waals surface area contributed by atoms with Crippen molar-refractivity contribution in [1.82, 2.24) is 30.6 Å². The number of aromatic nitrogens is 4. The van der Waals surface area contributed by atoms with Crippen LogP contribution in [-0.4, -0.2) is 69.1 Å². The lowest BCUT2D eigenvalue weighted by atomic mass is 9.90. The average Bonchev–Trinajstić information content (AvgIpc) is 2.79. The van der Waals surface area contributed by atoms with E-state index in [-0.39, 0.29) is 17.9 Å². The van der Waals surface area contributed by atoms with Gasteiger partial charge in [-0.25, -0.2) is 24.5 Å². The van der Waals surface area contributed by atoms with Crippen LogP contribution in [0.5, 0.6) is 6.01 Å². The second kappa shape index (κ2) is 10.3. The number of alkyl halides is 3. The average molecular weight is 469 g/mol. The molecular formula is C19H22F3N7O4. The molecule has 3 rings (SSSR count). The van der Waals surface area contributed by atoms with Crippen LogP contribution in [0, 0.1) is 0 Å². The predicted molar refractivity (Wildman–Crippen MR) is 109 cm³/mol. The van der Waals surface area contributed by atoms with Crippen molar-refractivity contribution in [3.8, 4) is 17.3 Å². The minimum atomic E-state index is -4.58. The number of carbonyl (C=O) groups is 2. The summed E-state index contributed by atoms with van der Waals surface area (Å²) in [5, 5.41) is 13.1. The smallest absolute Gasteiger partial charge is 0.405 e. The molecule has 3 amide bonds. The van der Waals surface area contributed by atoms with Gasteiger partial charge < -0.3 is 20.5 Å². The highest BCUT2D eigenvalue weighted by molar-refractivity contribution is 5.91. The van der Waals surface area contributed by atoms with E-state index in [2.05, 4.69) is 25.3 Å². The number of hydrogen-bond acceptors (Lipinski definition) is 7. The lowest BCUT2D eigenvalue weighted by molar-refractivity contribution is -0.122. The summed E-state index contributed by atoms with van der Waals surface area (Å²) in [6, 6.07) is -1.56. The van der Waals surface area contributed by atoms with Gasteiger partial charge in [-0.2, -0.15) is 13.2 Å². The van der Waals surface area contributed by atoms with Crippen LogP contribution in [0.15, 0.2) is 24.8 Å². The Morgan fingerprint density at radius 3 is 2.27 bits per heavy atom. The Kier molecular flexibility index (Phi) is 7.45. The van der Waals surface area contributed by atoms with E-state index in [1.807, 2.05) is 5.32 Å². The molecule has 0 bridgehead atoms. The third kappa shape index (κ3) is 6.63. The minimum Gasteiger partial charge on any atom is -0.467 e. The molecule has 1 aliphatic carbocycles. The van der Waals surface area contributed by atoms with Crippen LogP contribution in [0.1, 0.15) is 25.7 Å². The van der Waals surface area contributed by atoms with E-state index >= 15 is 0 Å². The summed E-state index contributed by atoms with van der Waals surface area (Å²) >= 11 is 0. The number of amides is 3. The highest BCUT2D eigenvalue weighted by Gasteiger charge is 2.34. The number of urea groups is 1. The molecule has 0 saturated heterocycles. The third-order valence-electron chi connectivity index (χ3n) is 5.04. The van der Waals surface area contributed by atoms with Gasteiger partial charge in [0.05, 0.1) is 25.2 Å². The molecule has 178 valence electrons. The molecule has 0 radical (unpaired) electrons. The van der Waals surface area contributed by atoms with E-state index in [9.17, 15) is 22.8 Å². The van der Waals surface area contributed by atoms with E-state index in [1.54, 1.807) is 0 Å². The number of halogens is 3. The van der Waals surface area contributed by atoms with Gasteiger partial charge in [-0.3, -0.25) is 9.88 Å². The topological polar surface area (TPSA) is 142 Å². The number of methoxy groups -OCH3 is 1. The normalized spacial score (nSPS) is 18.3. The summed E-state index contributed by atoms with van der Waals surface area (Å²) in [7, 11) is 1.42. The number of hydrogen-bond donors (Lipinski definition) is 3. The van der Waals surface area contributed by atoms with Crippen LogP contribution in [0.4, 0.5) is 28.6 Å². The first-order valence-corrected chi connectivity index (χ1v) is 9.98. The summed E-state index contributed by atoms with van der Waals surface area (Å²) in [5.74, 6) is 0.0718. The first kappa shape index (κ1) is 23.9. The van der Waals surface area contributed by atoms with Crippen molar-refractivity contribution in [2.45, 2.75) is 43.9 Å². The second-order valence-electron chi connectivity index (χ2n) is 7.32. The highest BCUT2D eigenvalue weighted by atomic mass is 19.4. The van der Waals surface area contributed by atoms with Gasteiger partial charge in [0.1, 0.15) is 6.54 Å². The Balaban J connectivity index is 1.79. The van der Waals surface area contributed by atoms with E-state index in [4.69, 9.17) is 9.84 Å². The molecule has 0 unspecified atom stereocenters. The van der Waals surface area contributed by atoms with E-state index in [0.29, 0.717) is 36.9 Å². The van der Waals surface area contributed by atoms with Crippen molar-refractivity contribution in [3.05, 3.63) is 24.8 Å². The zero-order valence-corrected chi connectivity index (χ0v) is 17.5. The molecule has 3 N–H and O–H groups in total. The van der Waals surface area contributed by atoms with Gasteiger partial charge in [0.25, 0.3) is 0 Å². The second-order valence-corrected chi connectivity index (χ2v) is 7.32. The van der Waals surface area contributed by atoms with Gasteiger partial charge in [0.2, 0.25) is 0 Å². The molecule has 1 aliphatic rings. The largest absolute Gasteiger partial charge is 0.467 e. The number of nitrogens with zero attached hydrogens (tertiary/aromatic N) is 5. The van der Waals surface area contributed by atoms with Gasteiger partial charge in [-0.1, -0.05) is 0 Å². The Morgan fingerprint density at radius 1 is 1.09 bits per heavy atom. The number of rotatable bonds is 6. The molecule has 14 heteroatoms. The Hall–Kier alpha value is -3.71. The Bertz CT molecular complexity index is 949.